The average molecular weight is 430 g/mol. The van der Waals surface area contributed by atoms with Crippen LogP contribution >= 0.6 is 31.9 Å². The second-order valence-electron chi connectivity index (χ2n) is 6.05. The van der Waals surface area contributed by atoms with E-state index in [1.807, 2.05) is 26.1 Å². The van der Waals surface area contributed by atoms with Crippen LogP contribution in [-0.4, -0.2) is 15.5 Å². The largest absolute Gasteiger partial charge is 0.384 e. The monoisotopic (exact) mass is 428 g/mol. The predicted octanol–water partition coefficient (Wildman–Crippen LogP) is 5.10. The van der Waals surface area contributed by atoms with E-state index in [1.54, 1.807) is 12.3 Å². The smallest absolute Gasteiger partial charge is 0.127 e. The highest BCUT2D eigenvalue weighted by atomic mass is 79.9. The zero-order valence-electron chi connectivity index (χ0n) is 13.5. The highest BCUT2D eigenvalue weighted by molar-refractivity contribution is 9.10. The highest BCUT2D eigenvalue weighted by Gasteiger charge is 2.10. The Bertz CT molecular complexity index is 637. The van der Waals surface area contributed by atoms with E-state index < -0.39 is 0 Å². The topological polar surface area (TPSA) is 63.8 Å². The number of anilines is 2. The zero-order valence-corrected chi connectivity index (χ0v) is 16.7. The number of hydrogen-bond acceptors (Lipinski definition) is 4. The molecular formula is C16H22Br2N4. The normalized spacial score (nSPS) is 10.7. The maximum absolute atomic E-state index is 5.39. The number of nitrogens with one attached hydrogen (secondary N) is 1. The van der Waals surface area contributed by atoms with Gasteiger partial charge in [0.15, 0.2) is 0 Å². The Hall–Kier alpha value is -1.14. The summed E-state index contributed by atoms with van der Waals surface area (Å²) in [6, 6.07) is 3.79. The molecule has 2 aromatic heterocycles. The third-order valence-electron chi connectivity index (χ3n) is 2.60. The van der Waals surface area contributed by atoms with Crippen molar-refractivity contribution in [3.05, 3.63) is 44.6 Å². The lowest BCUT2D eigenvalue weighted by Gasteiger charge is -2.21. The van der Waals surface area contributed by atoms with Crippen molar-refractivity contribution in [1.82, 2.24) is 9.97 Å². The zero-order chi connectivity index (χ0) is 16.9. The number of hydrogen-bond donors (Lipinski definition) is 2. The minimum Gasteiger partial charge on any atom is -0.384 e. The number of halogens is 2. The summed E-state index contributed by atoms with van der Waals surface area (Å²) in [4.78, 5) is 8.17. The Kier molecular flexibility index (Phi) is 6.81. The Morgan fingerprint density at radius 2 is 1.45 bits per heavy atom. The summed E-state index contributed by atoms with van der Waals surface area (Å²) in [6.07, 6.45) is 3.59. The number of nitrogens with two attached hydrogens (primary N) is 1. The van der Waals surface area contributed by atoms with Crippen molar-refractivity contribution in [2.45, 2.75) is 40.2 Å². The minimum absolute atomic E-state index is 0.0572. The molecule has 0 amide bonds. The molecule has 2 rings (SSSR count). The molecule has 0 aliphatic carbocycles. The van der Waals surface area contributed by atoms with E-state index in [-0.39, 0.29) is 5.54 Å². The molecule has 0 saturated carbocycles. The van der Waals surface area contributed by atoms with Crippen molar-refractivity contribution < 1.29 is 0 Å². The van der Waals surface area contributed by atoms with Crippen molar-refractivity contribution in [3.8, 4) is 0 Å². The van der Waals surface area contributed by atoms with Gasteiger partial charge in [-0.05, 0) is 57.9 Å². The first kappa shape index (κ1) is 18.9. The number of nitrogens with zero attached hydrogens (tertiary/aromatic N) is 2. The molecule has 0 aromatic carbocycles. The van der Waals surface area contributed by atoms with Crippen LogP contribution in [0.4, 0.5) is 11.6 Å². The minimum atomic E-state index is 0.0572. The van der Waals surface area contributed by atoms with Crippen LogP contribution in [0.3, 0.4) is 0 Å². The lowest BCUT2D eigenvalue weighted by Crippen LogP contribution is -2.26. The van der Waals surface area contributed by atoms with Gasteiger partial charge in [0.2, 0.25) is 0 Å². The van der Waals surface area contributed by atoms with Crippen molar-refractivity contribution in [1.29, 1.82) is 0 Å². The molecule has 0 unspecified atom stereocenters. The molecule has 2 aromatic rings. The molecule has 0 saturated heterocycles. The summed E-state index contributed by atoms with van der Waals surface area (Å²) < 4.78 is 2.10. The van der Waals surface area contributed by atoms with Gasteiger partial charge in [0.1, 0.15) is 11.6 Å². The third-order valence-corrected chi connectivity index (χ3v) is 4.31. The quantitative estimate of drug-likeness (QED) is 0.661. The Labute approximate surface area is 149 Å². The molecule has 0 aliphatic rings. The van der Waals surface area contributed by atoms with E-state index in [0.29, 0.717) is 5.82 Å². The SMILES string of the molecule is Cc1cnc(N)cc1Br.Cc1cnc(NC(C)(C)C)cc1Br. The van der Waals surface area contributed by atoms with Crippen LogP contribution in [0.1, 0.15) is 31.9 Å². The number of aromatic nitrogens is 2. The van der Waals surface area contributed by atoms with Gasteiger partial charge in [-0.1, -0.05) is 31.9 Å². The Morgan fingerprint density at radius 1 is 0.955 bits per heavy atom. The van der Waals surface area contributed by atoms with Crippen LogP contribution in [0.15, 0.2) is 33.5 Å². The van der Waals surface area contributed by atoms with Gasteiger partial charge in [0.25, 0.3) is 0 Å². The first-order valence-corrected chi connectivity index (χ1v) is 8.45. The number of pyridine rings is 2. The molecule has 6 heteroatoms. The van der Waals surface area contributed by atoms with Crippen LogP contribution < -0.4 is 11.1 Å². The first-order chi connectivity index (χ1) is 10.1. The van der Waals surface area contributed by atoms with Gasteiger partial charge in [-0.2, -0.15) is 0 Å². The number of aryl methyl sites for hydroxylation is 2. The molecule has 0 atom stereocenters. The summed E-state index contributed by atoms with van der Waals surface area (Å²) in [5, 5.41) is 3.31. The molecule has 3 N–H and O–H groups in total. The molecule has 0 radical (unpaired) electrons. The maximum Gasteiger partial charge on any atom is 0.127 e. The van der Waals surface area contributed by atoms with Gasteiger partial charge in [-0.25, -0.2) is 9.97 Å². The summed E-state index contributed by atoms with van der Waals surface area (Å²) in [6.45, 7) is 10.3. The van der Waals surface area contributed by atoms with Crippen LogP contribution in [0.5, 0.6) is 0 Å². The number of nitrogen functional groups attached to an aromatic ring is 1. The van der Waals surface area contributed by atoms with Crippen LogP contribution in [0.25, 0.3) is 0 Å². The van der Waals surface area contributed by atoms with Crippen molar-refractivity contribution in [2.75, 3.05) is 11.1 Å². The van der Waals surface area contributed by atoms with Gasteiger partial charge in [-0.3, -0.25) is 0 Å². The molecule has 0 aliphatic heterocycles. The van der Waals surface area contributed by atoms with Crippen LogP contribution in [0.2, 0.25) is 0 Å². The lowest BCUT2D eigenvalue weighted by atomic mass is 10.1. The van der Waals surface area contributed by atoms with E-state index in [9.17, 15) is 0 Å². The molecule has 120 valence electrons. The van der Waals surface area contributed by atoms with Crippen molar-refractivity contribution in [2.24, 2.45) is 0 Å². The molecule has 0 spiro atoms. The summed E-state index contributed by atoms with van der Waals surface area (Å²) in [5.41, 5.74) is 7.70. The van der Waals surface area contributed by atoms with E-state index >= 15 is 0 Å². The molecule has 2 heterocycles. The molecule has 0 fully saturated rings. The Balaban J connectivity index is 0.000000235. The fourth-order valence-corrected chi connectivity index (χ4v) is 2.12. The van der Waals surface area contributed by atoms with Gasteiger partial charge < -0.3 is 11.1 Å². The Morgan fingerprint density at radius 3 is 1.86 bits per heavy atom. The number of rotatable bonds is 1. The fourth-order valence-electron chi connectivity index (χ4n) is 1.47. The van der Waals surface area contributed by atoms with Gasteiger partial charge in [0.05, 0.1) is 0 Å². The maximum atomic E-state index is 5.39. The van der Waals surface area contributed by atoms with E-state index in [0.717, 1.165) is 25.9 Å². The fraction of sp³-hybridized carbons (Fsp3) is 0.375. The second kappa shape index (κ2) is 7.92. The second-order valence-corrected chi connectivity index (χ2v) is 7.76. The van der Waals surface area contributed by atoms with Crippen LogP contribution in [-0.2, 0) is 0 Å². The highest BCUT2D eigenvalue weighted by Crippen LogP contribution is 2.20. The molecule has 4 nitrogen and oxygen atoms in total. The summed E-state index contributed by atoms with van der Waals surface area (Å²) >= 11 is 6.80. The molecule has 0 bridgehead atoms. The van der Waals surface area contributed by atoms with Gasteiger partial charge in [0, 0.05) is 26.9 Å². The van der Waals surface area contributed by atoms with E-state index in [4.69, 9.17) is 5.73 Å². The lowest BCUT2D eigenvalue weighted by molar-refractivity contribution is 0.630. The third kappa shape index (κ3) is 6.75. The van der Waals surface area contributed by atoms with E-state index in [1.165, 1.54) is 0 Å². The van der Waals surface area contributed by atoms with Crippen molar-refractivity contribution >= 4 is 43.5 Å². The van der Waals surface area contributed by atoms with Gasteiger partial charge in [-0.15, -0.1) is 0 Å². The summed E-state index contributed by atoms with van der Waals surface area (Å²) in [7, 11) is 0. The molecule has 22 heavy (non-hydrogen) atoms. The van der Waals surface area contributed by atoms with Crippen LogP contribution in [0, 0.1) is 13.8 Å². The van der Waals surface area contributed by atoms with Crippen molar-refractivity contribution in [3.63, 3.8) is 0 Å². The molecular weight excluding hydrogens is 408 g/mol. The van der Waals surface area contributed by atoms with Gasteiger partial charge >= 0.3 is 0 Å². The first-order valence-electron chi connectivity index (χ1n) is 6.86. The van der Waals surface area contributed by atoms with E-state index in [2.05, 4.69) is 67.9 Å². The predicted molar refractivity (Wildman–Crippen MR) is 101 cm³/mol. The standard InChI is InChI=1S/C10H15BrN2.C6H7BrN2/c1-7-6-12-9(5-8(7)11)13-10(2,3)4;1-4-3-9-6(8)2-5(4)7/h5-6H,1-4H3,(H,12,13);2-3H,1H3,(H2,8,9). The summed E-state index contributed by atoms with van der Waals surface area (Å²) in [5.74, 6) is 1.46. The average Bonchev–Trinajstić information content (AvgIpc) is 2.38.